The zero-order valence-electron chi connectivity index (χ0n) is 14.8. The molecule has 0 radical (unpaired) electrons. The van der Waals surface area contributed by atoms with Crippen LogP contribution in [0, 0.1) is 5.82 Å². The highest BCUT2D eigenvalue weighted by Gasteiger charge is 2.37. The van der Waals surface area contributed by atoms with E-state index < -0.39 is 11.9 Å². The number of aromatic amines is 1. The van der Waals surface area contributed by atoms with Crippen LogP contribution in [-0.4, -0.2) is 37.3 Å². The van der Waals surface area contributed by atoms with Gasteiger partial charge >= 0.3 is 0 Å². The third kappa shape index (κ3) is 2.88. The molecule has 1 aliphatic heterocycles. The number of carbonyl (C=O) groups excluding carboxylic acids is 1. The van der Waals surface area contributed by atoms with Crippen molar-refractivity contribution in [3.05, 3.63) is 64.2 Å². The number of fused-ring (bicyclic) bond motifs is 2. The maximum Gasteiger partial charge on any atom is 0.224 e. The first kappa shape index (κ1) is 17.1. The van der Waals surface area contributed by atoms with E-state index in [1.807, 2.05) is 5.38 Å². The van der Waals surface area contributed by atoms with Crippen LogP contribution in [0.2, 0.25) is 0 Å². The van der Waals surface area contributed by atoms with Gasteiger partial charge in [-0.1, -0.05) is 6.07 Å². The Balaban J connectivity index is 1.50. The fourth-order valence-corrected chi connectivity index (χ4v) is 4.20. The lowest BCUT2D eigenvalue weighted by atomic mass is 10.0. The molecule has 1 atom stereocenters. The van der Waals surface area contributed by atoms with Crippen LogP contribution in [0.15, 0.2) is 40.5 Å². The normalized spacial score (nSPS) is 16.5. The second kappa shape index (κ2) is 6.83. The summed E-state index contributed by atoms with van der Waals surface area (Å²) in [6, 6.07) is 4.02. The van der Waals surface area contributed by atoms with Crippen molar-refractivity contribution in [3.8, 4) is 0 Å². The van der Waals surface area contributed by atoms with Crippen molar-refractivity contribution in [2.45, 2.75) is 25.3 Å². The van der Waals surface area contributed by atoms with Crippen LogP contribution >= 0.6 is 11.3 Å². The number of aromatic nitrogens is 4. The lowest BCUT2D eigenvalue weighted by Gasteiger charge is -2.33. The lowest BCUT2D eigenvalue weighted by Crippen LogP contribution is -2.41. The molecule has 5 rings (SSSR count). The number of aryl methyl sites for hydroxylation is 1. The minimum atomic E-state index is -0.578. The molecule has 4 aromatic rings. The summed E-state index contributed by atoms with van der Waals surface area (Å²) in [7, 11) is 0. The van der Waals surface area contributed by atoms with Gasteiger partial charge in [0, 0.05) is 43.1 Å². The van der Waals surface area contributed by atoms with Crippen LogP contribution in [-0.2, 0) is 17.6 Å². The van der Waals surface area contributed by atoms with Crippen LogP contribution in [0.3, 0.4) is 0 Å². The predicted molar refractivity (Wildman–Crippen MR) is 100 cm³/mol. The van der Waals surface area contributed by atoms with Crippen molar-refractivity contribution >= 4 is 28.3 Å². The van der Waals surface area contributed by atoms with Crippen molar-refractivity contribution in [2.24, 2.45) is 0 Å². The molecule has 1 aromatic carbocycles. The van der Waals surface area contributed by atoms with E-state index in [1.165, 1.54) is 17.4 Å². The number of hydrogen-bond donors (Lipinski definition) is 1. The Kier molecular flexibility index (Phi) is 4.16. The van der Waals surface area contributed by atoms with Gasteiger partial charge in [0.2, 0.25) is 11.8 Å². The van der Waals surface area contributed by atoms with Crippen molar-refractivity contribution in [3.63, 3.8) is 0 Å². The van der Waals surface area contributed by atoms with E-state index in [0.29, 0.717) is 37.0 Å². The first-order valence-electron chi connectivity index (χ1n) is 8.95. The number of hydrogen-bond acceptors (Lipinski definition) is 6. The monoisotopic (exact) mass is 397 g/mol. The molecule has 3 aromatic heterocycles. The molecule has 1 aliphatic rings. The number of thiazole rings is 1. The number of nitrogens with zero attached hydrogens (tertiary/aromatic N) is 4. The van der Waals surface area contributed by atoms with Gasteiger partial charge in [-0.05, 0) is 12.1 Å². The van der Waals surface area contributed by atoms with Crippen molar-refractivity contribution < 1.29 is 13.6 Å². The Morgan fingerprint density at radius 1 is 1.39 bits per heavy atom. The van der Waals surface area contributed by atoms with Crippen molar-refractivity contribution in [1.82, 2.24) is 24.8 Å². The lowest BCUT2D eigenvalue weighted by molar-refractivity contribution is -0.133. The second-order valence-corrected chi connectivity index (χ2v) is 7.55. The first-order chi connectivity index (χ1) is 13.7. The summed E-state index contributed by atoms with van der Waals surface area (Å²) in [6.45, 7) is 0.512. The molecule has 0 bridgehead atoms. The molecule has 0 aliphatic carbocycles. The Labute approximate surface area is 163 Å². The van der Waals surface area contributed by atoms with E-state index in [4.69, 9.17) is 4.42 Å². The van der Waals surface area contributed by atoms with Gasteiger partial charge in [0.1, 0.15) is 5.52 Å². The molecule has 0 fully saturated rings. The summed E-state index contributed by atoms with van der Waals surface area (Å²) < 4.78 is 19.8. The quantitative estimate of drug-likeness (QED) is 0.571. The first-order valence-corrected chi connectivity index (χ1v) is 9.83. The highest BCUT2D eigenvalue weighted by molar-refractivity contribution is 7.09. The van der Waals surface area contributed by atoms with Crippen LogP contribution in [0.5, 0.6) is 0 Å². The van der Waals surface area contributed by atoms with Gasteiger partial charge < -0.3 is 14.3 Å². The van der Waals surface area contributed by atoms with Crippen molar-refractivity contribution in [1.29, 1.82) is 0 Å². The number of benzene rings is 1. The molecule has 1 amide bonds. The summed E-state index contributed by atoms with van der Waals surface area (Å²) in [5, 5.41) is 2.82. The molecule has 9 heteroatoms. The minimum Gasteiger partial charge on any atom is -0.435 e. The Bertz CT molecular complexity index is 1140. The highest BCUT2D eigenvalue weighted by atomic mass is 32.1. The summed E-state index contributed by atoms with van der Waals surface area (Å²) in [6.07, 6.45) is 4.92. The molecule has 28 heavy (non-hydrogen) atoms. The van der Waals surface area contributed by atoms with Gasteiger partial charge in [0.25, 0.3) is 0 Å². The van der Waals surface area contributed by atoms with Gasteiger partial charge in [-0.3, -0.25) is 4.79 Å². The Morgan fingerprint density at radius 2 is 2.32 bits per heavy atom. The maximum absolute atomic E-state index is 14.1. The number of carbonyl (C=O) groups is 1. The van der Waals surface area contributed by atoms with Crippen LogP contribution in [0.1, 0.15) is 34.7 Å². The maximum atomic E-state index is 14.1. The number of halogens is 1. The summed E-state index contributed by atoms with van der Waals surface area (Å²) in [5.74, 6) is -0.233. The molecular weight excluding hydrogens is 381 g/mol. The number of nitrogens with one attached hydrogen (secondary N) is 1. The minimum absolute atomic E-state index is 0.0309. The van der Waals surface area contributed by atoms with Gasteiger partial charge in [-0.25, -0.2) is 19.3 Å². The average Bonchev–Trinajstić information content (AvgIpc) is 3.45. The van der Waals surface area contributed by atoms with Gasteiger partial charge in [0.05, 0.1) is 17.0 Å². The number of H-pyrrole nitrogens is 1. The molecule has 1 N–H and O–H groups in total. The zero-order valence-corrected chi connectivity index (χ0v) is 15.6. The molecule has 142 valence electrons. The largest absolute Gasteiger partial charge is 0.435 e. The van der Waals surface area contributed by atoms with Crippen LogP contribution in [0.4, 0.5) is 4.39 Å². The van der Waals surface area contributed by atoms with E-state index in [-0.39, 0.29) is 17.4 Å². The van der Waals surface area contributed by atoms with E-state index >= 15 is 0 Å². The molecule has 0 saturated heterocycles. The third-order valence-corrected chi connectivity index (χ3v) is 5.74. The topological polar surface area (TPSA) is 87.9 Å². The number of rotatable bonds is 4. The Hall–Kier alpha value is -3.07. The predicted octanol–water partition coefficient (Wildman–Crippen LogP) is 3.25. The smallest absolute Gasteiger partial charge is 0.224 e. The summed E-state index contributed by atoms with van der Waals surface area (Å²) >= 11 is 1.53. The zero-order chi connectivity index (χ0) is 19.1. The number of oxazole rings is 1. The van der Waals surface area contributed by atoms with Crippen LogP contribution < -0.4 is 0 Å². The van der Waals surface area contributed by atoms with E-state index in [0.717, 1.165) is 10.7 Å². The van der Waals surface area contributed by atoms with Crippen LogP contribution in [0.25, 0.3) is 11.1 Å². The average molecular weight is 397 g/mol. The third-order valence-electron chi connectivity index (χ3n) is 4.90. The molecule has 0 saturated carbocycles. The number of imidazole rings is 1. The van der Waals surface area contributed by atoms with E-state index in [9.17, 15) is 9.18 Å². The number of para-hydroxylation sites is 1. The summed E-state index contributed by atoms with van der Waals surface area (Å²) in [4.78, 5) is 30.9. The summed E-state index contributed by atoms with van der Waals surface area (Å²) in [5.41, 5.74) is 2.15. The molecular formula is C19H16FN5O2S. The molecule has 7 nitrogen and oxygen atoms in total. The van der Waals surface area contributed by atoms with Gasteiger partial charge in [-0.2, -0.15) is 0 Å². The standard InChI is InChI=1S/C19H16FN5O2S/c20-11-2-1-3-13-18(11)27-19(24-13)17-16-12(22-10-23-16)6-8-25(17)15(26)5-4-14-21-7-9-28-14/h1-3,7,9-10,17H,4-6,8H2,(H,22,23)/t17-/m0/s1. The molecule has 0 spiro atoms. The molecule has 4 heterocycles. The van der Waals surface area contributed by atoms with Gasteiger partial charge in [-0.15, -0.1) is 11.3 Å². The Morgan fingerprint density at radius 3 is 3.14 bits per heavy atom. The second-order valence-electron chi connectivity index (χ2n) is 6.57. The fraction of sp³-hybridized carbons (Fsp3) is 0.263. The van der Waals surface area contributed by atoms with Crippen molar-refractivity contribution in [2.75, 3.05) is 6.54 Å². The SMILES string of the molecule is O=C(CCc1nccs1)N1CCc2[nH]cnc2[C@H]1c1nc2cccc(F)c2o1. The number of amides is 1. The van der Waals surface area contributed by atoms with Gasteiger partial charge in [0.15, 0.2) is 17.4 Å². The molecule has 0 unspecified atom stereocenters. The fourth-order valence-electron chi connectivity index (χ4n) is 3.58. The highest BCUT2D eigenvalue weighted by Crippen LogP contribution is 2.35. The van der Waals surface area contributed by atoms with E-state index in [1.54, 1.807) is 29.6 Å². The van der Waals surface area contributed by atoms with E-state index in [2.05, 4.69) is 19.9 Å².